The van der Waals surface area contributed by atoms with E-state index >= 15 is 0 Å². The van der Waals surface area contributed by atoms with Crippen LogP contribution in [-0.2, 0) is 4.79 Å². The first kappa shape index (κ1) is 13.5. The molecule has 1 atom stereocenters. The van der Waals surface area contributed by atoms with Gasteiger partial charge in [-0.3, -0.25) is 4.79 Å². The van der Waals surface area contributed by atoms with Gasteiger partial charge in [0.2, 0.25) is 0 Å². The van der Waals surface area contributed by atoms with Crippen LogP contribution in [0.25, 0.3) is 0 Å². The Balaban J connectivity index is 2.50. The van der Waals surface area contributed by atoms with Gasteiger partial charge in [0.25, 0.3) is 0 Å². The van der Waals surface area contributed by atoms with Crippen molar-refractivity contribution in [2.75, 3.05) is 6.54 Å². The van der Waals surface area contributed by atoms with E-state index in [1.807, 2.05) is 6.92 Å². The first-order chi connectivity index (χ1) is 7.64. The Hall–Kier alpha value is -0.570. The lowest BCUT2D eigenvalue weighted by Gasteiger charge is -2.29. The summed E-state index contributed by atoms with van der Waals surface area (Å²) in [7, 11) is 0. The highest BCUT2D eigenvalue weighted by atomic mass is 16.4. The molecule has 1 fully saturated rings. The molecule has 0 aromatic carbocycles. The standard InChI is InChI=1S/C13H25NO2/c1-3-9-13(4-2,12(15)16)10-14-11-7-5-6-8-11/h11,14H,3-10H2,1-2H3,(H,15,16). The second-order valence-electron chi connectivity index (χ2n) is 5.05. The number of rotatable bonds is 7. The smallest absolute Gasteiger partial charge is 0.310 e. The molecule has 3 heteroatoms. The molecular formula is C13H25NO2. The summed E-state index contributed by atoms with van der Waals surface area (Å²) in [4.78, 5) is 11.4. The number of carbonyl (C=O) groups is 1. The lowest BCUT2D eigenvalue weighted by Crippen LogP contribution is -2.43. The minimum atomic E-state index is -0.637. The molecule has 0 heterocycles. The van der Waals surface area contributed by atoms with Crippen molar-refractivity contribution >= 4 is 5.97 Å². The molecule has 0 saturated heterocycles. The van der Waals surface area contributed by atoms with E-state index in [1.165, 1.54) is 25.7 Å². The summed E-state index contributed by atoms with van der Waals surface area (Å²) in [5, 5.41) is 12.8. The molecule has 3 nitrogen and oxygen atoms in total. The van der Waals surface area contributed by atoms with Gasteiger partial charge < -0.3 is 10.4 Å². The Labute approximate surface area is 98.6 Å². The Morgan fingerprint density at radius 3 is 2.44 bits per heavy atom. The zero-order valence-corrected chi connectivity index (χ0v) is 10.6. The molecule has 94 valence electrons. The van der Waals surface area contributed by atoms with Crippen LogP contribution in [0.1, 0.15) is 58.8 Å². The summed E-state index contributed by atoms with van der Waals surface area (Å²) >= 11 is 0. The molecule has 0 aromatic rings. The largest absolute Gasteiger partial charge is 0.481 e. The minimum Gasteiger partial charge on any atom is -0.481 e. The maximum atomic E-state index is 11.4. The van der Waals surface area contributed by atoms with Crippen LogP contribution in [0.5, 0.6) is 0 Å². The van der Waals surface area contributed by atoms with Gasteiger partial charge in [0.1, 0.15) is 0 Å². The van der Waals surface area contributed by atoms with Crippen LogP contribution in [0.3, 0.4) is 0 Å². The van der Waals surface area contributed by atoms with E-state index in [-0.39, 0.29) is 0 Å². The zero-order chi connectivity index (χ0) is 12.0. The van der Waals surface area contributed by atoms with Crippen molar-refractivity contribution in [3.63, 3.8) is 0 Å². The van der Waals surface area contributed by atoms with E-state index in [0.717, 1.165) is 19.3 Å². The first-order valence-electron chi connectivity index (χ1n) is 6.61. The van der Waals surface area contributed by atoms with Gasteiger partial charge in [-0.05, 0) is 25.7 Å². The van der Waals surface area contributed by atoms with Crippen molar-refractivity contribution in [3.05, 3.63) is 0 Å². The molecular weight excluding hydrogens is 202 g/mol. The van der Waals surface area contributed by atoms with Gasteiger partial charge in [0.05, 0.1) is 5.41 Å². The van der Waals surface area contributed by atoms with E-state index in [4.69, 9.17) is 0 Å². The van der Waals surface area contributed by atoms with Crippen LogP contribution in [0.4, 0.5) is 0 Å². The predicted molar refractivity (Wildman–Crippen MR) is 65.5 cm³/mol. The van der Waals surface area contributed by atoms with Crippen LogP contribution in [0.2, 0.25) is 0 Å². The number of nitrogens with one attached hydrogen (secondary N) is 1. The topological polar surface area (TPSA) is 49.3 Å². The fraction of sp³-hybridized carbons (Fsp3) is 0.923. The summed E-state index contributed by atoms with van der Waals surface area (Å²) in [6.07, 6.45) is 7.44. The molecule has 2 N–H and O–H groups in total. The number of hydrogen-bond donors (Lipinski definition) is 2. The third-order valence-corrected chi connectivity index (χ3v) is 3.94. The number of hydrogen-bond acceptors (Lipinski definition) is 2. The van der Waals surface area contributed by atoms with Crippen LogP contribution in [0, 0.1) is 5.41 Å². The van der Waals surface area contributed by atoms with Gasteiger partial charge in [-0.15, -0.1) is 0 Å². The van der Waals surface area contributed by atoms with Crippen molar-refractivity contribution in [1.82, 2.24) is 5.32 Å². The highest BCUT2D eigenvalue weighted by molar-refractivity contribution is 5.74. The third-order valence-electron chi connectivity index (χ3n) is 3.94. The molecule has 1 unspecified atom stereocenters. The fourth-order valence-corrected chi connectivity index (χ4v) is 2.67. The second-order valence-corrected chi connectivity index (χ2v) is 5.05. The SMILES string of the molecule is CCCC(CC)(CNC1CCCC1)C(=O)O. The summed E-state index contributed by atoms with van der Waals surface area (Å²) in [6, 6.07) is 0.558. The average molecular weight is 227 g/mol. The molecule has 0 aliphatic heterocycles. The lowest BCUT2D eigenvalue weighted by atomic mass is 9.80. The van der Waals surface area contributed by atoms with Crippen molar-refractivity contribution in [2.45, 2.75) is 64.8 Å². The molecule has 1 aliphatic carbocycles. The number of carboxylic acid groups (broad SMARTS) is 1. The normalized spacial score (nSPS) is 20.9. The summed E-state index contributed by atoms with van der Waals surface area (Å²) < 4.78 is 0. The van der Waals surface area contributed by atoms with E-state index in [2.05, 4.69) is 12.2 Å². The number of aliphatic carboxylic acids is 1. The van der Waals surface area contributed by atoms with E-state index in [0.29, 0.717) is 12.6 Å². The Bertz CT molecular complexity index is 224. The van der Waals surface area contributed by atoms with Gasteiger partial charge in [0, 0.05) is 12.6 Å². The van der Waals surface area contributed by atoms with Gasteiger partial charge in [-0.25, -0.2) is 0 Å². The van der Waals surface area contributed by atoms with Crippen molar-refractivity contribution in [3.8, 4) is 0 Å². The number of carboxylic acids is 1. The molecule has 0 radical (unpaired) electrons. The molecule has 1 saturated carbocycles. The molecule has 0 amide bonds. The maximum absolute atomic E-state index is 11.4. The van der Waals surface area contributed by atoms with Crippen LogP contribution in [-0.4, -0.2) is 23.7 Å². The van der Waals surface area contributed by atoms with Crippen molar-refractivity contribution in [2.24, 2.45) is 5.41 Å². The van der Waals surface area contributed by atoms with E-state index < -0.39 is 11.4 Å². The lowest BCUT2D eigenvalue weighted by molar-refractivity contribution is -0.149. The maximum Gasteiger partial charge on any atom is 0.310 e. The Morgan fingerprint density at radius 1 is 1.38 bits per heavy atom. The Kier molecular flexibility index (Phi) is 5.26. The first-order valence-corrected chi connectivity index (χ1v) is 6.61. The summed E-state index contributed by atoms with van der Waals surface area (Å²) in [5.74, 6) is -0.637. The van der Waals surface area contributed by atoms with Crippen LogP contribution in [0.15, 0.2) is 0 Å². The van der Waals surface area contributed by atoms with Gasteiger partial charge in [-0.1, -0.05) is 33.1 Å². The minimum absolute atomic E-state index is 0.544. The molecule has 16 heavy (non-hydrogen) atoms. The van der Waals surface area contributed by atoms with Gasteiger partial charge >= 0.3 is 5.97 Å². The highest BCUT2D eigenvalue weighted by Gasteiger charge is 2.36. The van der Waals surface area contributed by atoms with Crippen LogP contribution < -0.4 is 5.32 Å². The quantitative estimate of drug-likeness (QED) is 0.703. The fourth-order valence-electron chi connectivity index (χ4n) is 2.67. The second kappa shape index (κ2) is 6.24. The monoisotopic (exact) mass is 227 g/mol. The van der Waals surface area contributed by atoms with E-state index in [1.54, 1.807) is 0 Å². The summed E-state index contributed by atoms with van der Waals surface area (Å²) in [6.45, 7) is 4.68. The van der Waals surface area contributed by atoms with Crippen molar-refractivity contribution in [1.29, 1.82) is 0 Å². The van der Waals surface area contributed by atoms with Crippen LogP contribution >= 0.6 is 0 Å². The van der Waals surface area contributed by atoms with Gasteiger partial charge in [-0.2, -0.15) is 0 Å². The molecule has 0 aromatic heterocycles. The zero-order valence-electron chi connectivity index (χ0n) is 10.6. The molecule has 0 bridgehead atoms. The molecule has 1 rings (SSSR count). The highest BCUT2D eigenvalue weighted by Crippen LogP contribution is 2.29. The van der Waals surface area contributed by atoms with Gasteiger partial charge in [0.15, 0.2) is 0 Å². The third kappa shape index (κ3) is 3.21. The molecule has 1 aliphatic rings. The van der Waals surface area contributed by atoms with E-state index in [9.17, 15) is 9.90 Å². The van der Waals surface area contributed by atoms with Crippen molar-refractivity contribution < 1.29 is 9.90 Å². The molecule has 0 spiro atoms. The Morgan fingerprint density at radius 2 is 2.00 bits per heavy atom. The average Bonchev–Trinajstić information content (AvgIpc) is 2.76. The predicted octanol–water partition coefficient (Wildman–Crippen LogP) is 2.80. The summed E-state index contributed by atoms with van der Waals surface area (Å²) in [5.41, 5.74) is -0.544.